The number of hydrogen-bond donors (Lipinski definition) is 1. The second-order valence-corrected chi connectivity index (χ2v) is 5.48. The van der Waals surface area contributed by atoms with Crippen molar-refractivity contribution in [2.24, 2.45) is 0 Å². The van der Waals surface area contributed by atoms with Crippen LogP contribution in [0.5, 0.6) is 0 Å². The highest BCUT2D eigenvalue weighted by Gasteiger charge is 2.03. The minimum absolute atomic E-state index is 0.249. The van der Waals surface area contributed by atoms with Gasteiger partial charge in [0.05, 0.1) is 10.2 Å². The molecule has 2 nitrogen and oxygen atoms in total. The van der Waals surface area contributed by atoms with Gasteiger partial charge < -0.3 is 5.11 Å². The van der Waals surface area contributed by atoms with Gasteiger partial charge in [-0.15, -0.1) is 11.3 Å². The molecule has 0 saturated heterocycles. The molecule has 1 N–H and O–H groups in total. The van der Waals surface area contributed by atoms with Gasteiger partial charge in [-0.25, -0.2) is 4.98 Å². The highest BCUT2D eigenvalue weighted by Crippen LogP contribution is 2.25. The molecule has 94 valence electrons. The van der Waals surface area contributed by atoms with Crippen LogP contribution in [0.15, 0.2) is 48.5 Å². The number of hydrogen-bond acceptors (Lipinski definition) is 3. The Bertz CT molecular complexity index is 708. The molecule has 0 amide bonds. The number of para-hydroxylation sites is 1. The van der Waals surface area contributed by atoms with Crippen LogP contribution in [0.25, 0.3) is 22.1 Å². The number of rotatable bonds is 2. The average Bonchev–Trinajstić information content (AvgIpc) is 2.81. The van der Waals surface area contributed by atoms with E-state index in [4.69, 9.17) is 0 Å². The van der Waals surface area contributed by atoms with Crippen LogP contribution in [0, 0.1) is 6.92 Å². The van der Waals surface area contributed by atoms with E-state index >= 15 is 0 Å². The van der Waals surface area contributed by atoms with E-state index in [1.54, 1.807) is 17.4 Å². The lowest BCUT2D eigenvalue weighted by Gasteiger charge is -1.99. The largest absolute Gasteiger partial charge is 0.507 e. The van der Waals surface area contributed by atoms with E-state index in [2.05, 4.69) is 4.98 Å². The monoisotopic (exact) mass is 267 g/mol. The summed E-state index contributed by atoms with van der Waals surface area (Å²) in [6.07, 6.45) is 1.72. The zero-order valence-electron chi connectivity index (χ0n) is 10.5. The number of aliphatic hydroxyl groups is 1. The Labute approximate surface area is 115 Å². The van der Waals surface area contributed by atoms with Crippen LogP contribution in [0.3, 0.4) is 0 Å². The number of thiazole rings is 1. The second kappa shape index (κ2) is 4.86. The van der Waals surface area contributed by atoms with Crippen LogP contribution in [0.1, 0.15) is 16.1 Å². The predicted octanol–water partition coefficient (Wildman–Crippen LogP) is 4.66. The third-order valence-electron chi connectivity index (χ3n) is 2.92. The molecule has 0 aliphatic carbocycles. The van der Waals surface area contributed by atoms with Crippen LogP contribution < -0.4 is 0 Å². The van der Waals surface area contributed by atoms with Crippen molar-refractivity contribution in [3.05, 3.63) is 64.7 Å². The van der Waals surface area contributed by atoms with Crippen molar-refractivity contribution in [1.82, 2.24) is 4.98 Å². The van der Waals surface area contributed by atoms with Gasteiger partial charge in [-0.2, -0.15) is 0 Å². The summed E-state index contributed by atoms with van der Waals surface area (Å²) in [6, 6.07) is 15.8. The summed E-state index contributed by atoms with van der Waals surface area (Å²) < 4.78 is 1.13. The molecule has 0 aliphatic heterocycles. The van der Waals surface area contributed by atoms with Crippen molar-refractivity contribution < 1.29 is 5.11 Å². The zero-order chi connectivity index (χ0) is 13.2. The van der Waals surface area contributed by atoms with Gasteiger partial charge in [0, 0.05) is 11.6 Å². The molecule has 3 rings (SSSR count). The number of aromatic nitrogens is 1. The third kappa shape index (κ3) is 2.51. The van der Waals surface area contributed by atoms with E-state index in [1.807, 2.05) is 55.5 Å². The summed E-state index contributed by atoms with van der Waals surface area (Å²) in [6.45, 7) is 2.03. The number of nitrogens with zero attached hydrogens (tertiary/aromatic N) is 1. The molecular weight excluding hydrogens is 254 g/mol. The molecule has 3 heteroatoms. The highest BCUT2D eigenvalue weighted by atomic mass is 32.1. The molecule has 0 atom stereocenters. The van der Waals surface area contributed by atoms with Crippen molar-refractivity contribution in [1.29, 1.82) is 0 Å². The van der Waals surface area contributed by atoms with Crippen LogP contribution in [-0.2, 0) is 0 Å². The van der Waals surface area contributed by atoms with Gasteiger partial charge in [-0.05, 0) is 19.1 Å². The summed E-state index contributed by atoms with van der Waals surface area (Å²) in [7, 11) is 0. The lowest BCUT2D eigenvalue weighted by molar-refractivity contribution is 0.515. The molecule has 0 saturated carbocycles. The molecule has 0 bridgehead atoms. The first-order chi connectivity index (χ1) is 9.22. The molecule has 0 spiro atoms. The quantitative estimate of drug-likeness (QED) is 0.685. The SMILES string of the molecule is Cc1ccc(/C(O)=C/c2nc3ccccc3s2)cc1. The van der Waals surface area contributed by atoms with E-state index in [-0.39, 0.29) is 5.76 Å². The lowest BCUT2D eigenvalue weighted by atomic mass is 10.1. The summed E-state index contributed by atoms with van der Waals surface area (Å²) in [4.78, 5) is 4.48. The standard InChI is InChI=1S/C16H13NOS/c1-11-6-8-12(9-7-11)14(18)10-16-17-13-4-2-3-5-15(13)19-16/h2-10,18H,1H3/b14-10-. The Morgan fingerprint density at radius 3 is 2.58 bits per heavy atom. The maximum absolute atomic E-state index is 10.1. The zero-order valence-corrected chi connectivity index (χ0v) is 11.3. The third-order valence-corrected chi connectivity index (χ3v) is 3.90. The van der Waals surface area contributed by atoms with Crippen LogP contribution >= 0.6 is 11.3 Å². The van der Waals surface area contributed by atoms with Gasteiger partial charge in [0.1, 0.15) is 10.8 Å². The van der Waals surface area contributed by atoms with Crippen molar-refractivity contribution in [2.75, 3.05) is 0 Å². The van der Waals surface area contributed by atoms with E-state index in [1.165, 1.54) is 5.56 Å². The Kier molecular flexibility index (Phi) is 3.05. The fraction of sp³-hybridized carbons (Fsp3) is 0.0625. The number of aliphatic hydroxyl groups excluding tert-OH is 1. The predicted molar refractivity (Wildman–Crippen MR) is 81.3 cm³/mol. The summed E-state index contributed by atoms with van der Waals surface area (Å²) >= 11 is 1.58. The van der Waals surface area contributed by atoms with Crippen LogP contribution in [0.4, 0.5) is 0 Å². The van der Waals surface area contributed by atoms with Gasteiger partial charge in [0.2, 0.25) is 0 Å². The first-order valence-corrected chi connectivity index (χ1v) is 6.87. The molecule has 0 fully saturated rings. The first-order valence-electron chi connectivity index (χ1n) is 6.06. The van der Waals surface area contributed by atoms with E-state index in [0.717, 1.165) is 20.8 Å². The summed E-state index contributed by atoms with van der Waals surface area (Å²) in [5.74, 6) is 0.249. The first kappa shape index (κ1) is 11.9. The number of aryl methyl sites for hydroxylation is 1. The molecule has 3 aromatic rings. The Morgan fingerprint density at radius 1 is 1.11 bits per heavy atom. The second-order valence-electron chi connectivity index (χ2n) is 4.42. The van der Waals surface area contributed by atoms with Crippen LogP contribution in [-0.4, -0.2) is 10.1 Å². The molecule has 1 aromatic heterocycles. The van der Waals surface area contributed by atoms with Crippen molar-refractivity contribution >= 4 is 33.4 Å². The minimum Gasteiger partial charge on any atom is -0.507 e. The van der Waals surface area contributed by atoms with Gasteiger partial charge in [0.15, 0.2) is 0 Å². The van der Waals surface area contributed by atoms with Gasteiger partial charge >= 0.3 is 0 Å². The molecular formula is C16H13NOS. The Hall–Kier alpha value is -2.13. The van der Waals surface area contributed by atoms with E-state index < -0.39 is 0 Å². The number of benzene rings is 2. The topological polar surface area (TPSA) is 33.1 Å². The smallest absolute Gasteiger partial charge is 0.125 e. The van der Waals surface area contributed by atoms with Gasteiger partial charge in [-0.3, -0.25) is 0 Å². The van der Waals surface area contributed by atoms with Gasteiger partial charge in [0.25, 0.3) is 0 Å². The number of fused-ring (bicyclic) bond motifs is 1. The molecule has 1 heterocycles. The Morgan fingerprint density at radius 2 is 1.84 bits per heavy atom. The molecule has 0 radical (unpaired) electrons. The fourth-order valence-corrected chi connectivity index (χ4v) is 2.78. The molecule has 0 unspecified atom stereocenters. The maximum atomic E-state index is 10.1. The molecule has 2 aromatic carbocycles. The Balaban J connectivity index is 1.97. The van der Waals surface area contributed by atoms with Gasteiger partial charge in [-0.1, -0.05) is 42.0 Å². The lowest BCUT2D eigenvalue weighted by Crippen LogP contribution is -1.83. The molecule has 19 heavy (non-hydrogen) atoms. The van der Waals surface area contributed by atoms with Crippen molar-refractivity contribution in [2.45, 2.75) is 6.92 Å². The normalized spacial score (nSPS) is 11.9. The van der Waals surface area contributed by atoms with E-state index in [0.29, 0.717) is 0 Å². The average molecular weight is 267 g/mol. The van der Waals surface area contributed by atoms with E-state index in [9.17, 15) is 5.11 Å². The minimum atomic E-state index is 0.249. The maximum Gasteiger partial charge on any atom is 0.125 e. The summed E-state index contributed by atoms with van der Waals surface area (Å²) in [5, 5.41) is 10.9. The fourth-order valence-electron chi connectivity index (χ4n) is 1.88. The summed E-state index contributed by atoms with van der Waals surface area (Å²) in [5.41, 5.74) is 2.96. The highest BCUT2D eigenvalue weighted by molar-refractivity contribution is 7.19. The van der Waals surface area contributed by atoms with Crippen molar-refractivity contribution in [3.63, 3.8) is 0 Å². The molecule has 0 aliphatic rings. The van der Waals surface area contributed by atoms with Crippen LogP contribution in [0.2, 0.25) is 0 Å². The van der Waals surface area contributed by atoms with Crippen molar-refractivity contribution in [3.8, 4) is 0 Å².